The van der Waals surface area contributed by atoms with Crippen LogP contribution in [-0.2, 0) is 19.1 Å². The molecule has 7 nitrogen and oxygen atoms in total. The van der Waals surface area contributed by atoms with Crippen LogP contribution in [0.15, 0.2) is 24.8 Å². The fourth-order valence-electron chi connectivity index (χ4n) is 3.81. The number of amides is 2. The van der Waals surface area contributed by atoms with E-state index in [9.17, 15) is 22.8 Å². The Labute approximate surface area is 205 Å². The van der Waals surface area contributed by atoms with E-state index < -0.39 is 24.0 Å². The van der Waals surface area contributed by atoms with Crippen LogP contribution in [-0.4, -0.2) is 68.5 Å². The molecule has 3 rings (SSSR count). The second-order valence-corrected chi connectivity index (χ2v) is 8.86. The molecule has 2 fully saturated rings. The van der Waals surface area contributed by atoms with Crippen LogP contribution in [0, 0.1) is 5.92 Å². The molecular formula is C22H25Cl2F3N2O5. The molecule has 1 N–H and O–H groups in total. The Bertz CT molecular complexity index is 903. The predicted molar refractivity (Wildman–Crippen MR) is 119 cm³/mol. The van der Waals surface area contributed by atoms with E-state index in [0.717, 1.165) is 0 Å². The van der Waals surface area contributed by atoms with Crippen LogP contribution in [0.25, 0.3) is 0 Å². The van der Waals surface area contributed by atoms with E-state index in [1.165, 1.54) is 18.2 Å². The Hall–Kier alpha value is -2.01. The van der Waals surface area contributed by atoms with Gasteiger partial charge in [0.05, 0.1) is 29.3 Å². The summed E-state index contributed by atoms with van der Waals surface area (Å²) in [5.41, 5.74) is 0.270. The zero-order valence-electron chi connectivity index (χ0n) is 18.2. The van der Waals surface area contributed by atoms with Gasteiger partial charge >= 0.3 is 12.1 Å². The molecule has 188 valence electrons. The van der Waals surface area contributed by atoms with Crippen molar-refractivity contribution >= 4 is 35.0 Å². The first-order valence-corrected chi connectivity index (χ1v) is 11.4. The highest BCUT2D eigenvalue weighted by molar-refractivity contribution is 6.42. The van der Waals surface area contributed by atoms with Crippen molar-refractivity contribution in [2.24, 2.45) is 5.92 Å². The predicted octanol–water partition coefficient (Wildman–Crippen LogP) is 3.93. The van der Waals surface area contributed by atoms with Crippen molar-refractivity contribution in [1.82, 2.24) is 10.2 Å². The monoisotopic (exact) mass is 524 g/mol. The minimum atomic E-state index is -5.07. The third-order valence-electron chi connectivity index (χ3n) is 5.70. The number of ether oxygens (including phenoxy) is 3. The number of hydrogen-bond acceptors (Lipinski definition) is 5. The second kappa shape index (κ2) is 11.6. The van der Waals surface area contributed by atoms with Gasteiger partial charge < -0.3 is 24.4 Å². The largest absolute Gasteiger partial charge is 0.489 e. The number of nitrogens with zero attached hydrogens (tertiary/aromatic N) is 1. The van der Waals surface area contributed by atoms with E-state index in [-0.39, 0.29) is 46.6 Å². The van der Waals surface area contributed by atoms with Crippen LogP contribution in [0.3, 0.4) is 0 Å². The fraction of sp³-hybridized carbons (Fsp3) is 0.545. The summed E-state index contributed by atoms with van der Waals surface area (Å²) < 4.78 is 55.4. The molecule has 2 heterocycles. The summed E-state index contributed by atoms with van der Waals surface area (Å²) in [4.78, 5) is 25.9. The van der Waals surface area contributed by atoms with Gasteiger partial charge in [-0.05, 0) is 24.8 Å². The molecule has 0 spiro atoms. The molecular weight excluding hydrogens is 500 g/mol. The number of piperidine rings is 1. The topological polar surface area (TPSA) is 77.1 Å². The number of rotatable bonds is 9. The number of alkyl halides is 3. The third kappa shape index (κ3) is 6.78. The molecule has 0 radical (unpaired) electrons. The van der Waals surface area contributed by atoms with Crippen LogP contribution >= 0.6 is 23.2 Å². The van der Waals surface area contributed by atoms with Gasteiger partial charge in [-0.3, -0.25) is 9.59 Å². The maximum absolute atomic E-state index is 13.1. The van der Waals surface area contributed by atoms with Gasteiger partial charge in [-0.15, -0.1) is 0 Å². The average molecular weight is 525 g/mol. The van der Waals surface area contributed by atoms with E-state index >= 15 is 0 Å². The molecule has 1 aromatic carbocycles. The van der Waals surface area contributed by atoms with Crippen molar-refractivity contribution in [1.29, 1.82) is 0 Å². The molecule has 1 atom stereocenters. The first kappa shape index (κ1) is 26.6. The summed E-state index contributed by atoms with van der Waals surface area (Å²) in [5, 5.41) is 2.36. The first-order chi connectivity index (χ1) is 16.1. The van der Waals surface area contributed by atoms with Crippen LogP contribution in [0.5, 0.6) is 5.75 Å². The maximum atomic E-state index is 13.1. The maximum Gasteiger partial charge on any atom is 0.471 e. The van der Waals surface area contributed by atoms with Crippen molar-refractivity contribution in [2.45, 2.75) is 31.2 Å². The van der Waals surface area contributed by atoms with E-state index in [0.29, 0.717) is 39.1 Å². The van der Waals surface area contributed by atoms with Gasteiger partial charge in [0.1, 0.15) is 25.1 Å². The fourth-order valence-corrected chi connectivity index (χ4v) is 4.13. The molecule has 2 amide bonds. The highest BCUT2D eigenvalue weighted by Gasteiger charge is 2.42. The van der Waals surface area contributed by atoms with Crippen LogP contribution in [0.2, 0.25) is 10.0 Å². The van der Waals surface area contributed by atoms with Crippen molar-refractivity contribution in [3.05, 3.63) is 40.4 Å². The summed E-state index contributed by atoms with van der Waals surface area (Å²) >= 11 is 12.2. The molecule has 0 saturated carbocycles. The lowest BCUT2D eigenvalue weighted by molar-refractivity contribution is -0.175. The molecule has 0 aliphatic carbocycles. The number of carbonyl (C=O) groups is 2. The van der Waals surface area contributed by atoms with Crippen LogP contribution in [0.4, 0.5) is 13.2 Å². The van der Waals surface area contributed by atoms with Gasteiger partial charge in [0.25, 0.3) is 0 Å². The number of hydrogen-bond donors (Lipinski definition) is 1. The smallest absolute Gasteiger partial charge is 0.471 e. The van der Waals surface area contributed by atoms with Gasteiger partial charge in [-0.2, -0.15) is 13.2 Å². The SMILES string of the molecule is C=CCOc1cc(Cl)c(Cl)cc1C(NC(=O)C(F)(F)F)C1CCN(C(=O)COC2COC2)CC1. The Morgan fingerprint density at radius 2 is 1.88 bits per heavy atom. The Kier molecular flexibility index (Phi) is 9.08. The van der Waals surface area contributed by atoms with Gasteiger partial charge in [0.2, 0.25) is 5.91 Å². The lowest BCUT2D eigenvalue weighted by atomic mass is 9.84. The molecule has 2 aliphatic heterocycles. The zero-order chi connectivity index (χ0) is 24.9. The Morgan fingerprint density at radius 3 is 2.44 bits per heavy atom. The first-order valence-electron chi connectivity index (χ1n) is 10.7. The summed E-state index contributed by atoms with van der Waals surface area (Å²) in [6.07, 6.45) is -3.00. The molecule has 34 heavy (non-hydrogen) atoms. The number of halogens is 5. The van der Waals surface area contributed by atoms with Gasteiger partial charge in [-0.25, -0.2) is 0 Å². The minimum absolute atomic E-state index is 0.0733. The van der Waals surface area contributed by atoms with Gasteiger partial charge in [0, 0.05) is 24.7 Å². The van der Waals surface area contributed by atoms with Gasteiger partial charge in [0.15, 0.2) is 0 Å². The molecule has 1 unspecified atom stereocenters. The summed E-state index contributed by atoms with van der Waals surface area (Å²) in [7, 11) is 0. The molecule has 1 aromatic rings. The zero-order valence-corrected chi connectivity index (χ0v) is 19.7. The molecule has 12 heteroatoms. The second-order valence-electron chi connectivity index (χ2n) is 8.04. The molecule has 2 aliphatic rings. The average Bonchev–Trinajstić information content (AvgIpc) is 2.76. The van der Waals surface area contributed by atoms with E-state index in [1.54, 1.807) is 4.90 Å². The van der Waals surface area contributed by atoms with Crippen molar-refractivity contribution < 1.29 is 37.0 Å². The van der Waals surface area contributed by atoms with Crippen molar-refractivity contribution in [2.75, 3.05) is 39.5 Å². The van der Waals surface area contributed by atoms with Gasteiger partial charge in [-0.1, -0.05) is 35.9 Å². The molecule has 0 bridgehead atoms. The number of carbonyl (C=O) groups excluding carboxylic acids is 2. The highest BCUT2D eigenvalue weighted by Crippen LogP contribution is 2.40. The normalized spacial score (nSPS) is 18.2. The Balaban J connectivity index is 1.78. The summed E-state index contributed by atoms with van der Waals surface area (Å²) in [6, 6.07) is 1.73. The van der Waals surface area contributed by atoms with Crippen molar-refractivity contribution in [3.63, 3.8) is 0 Å². The highest BCUT2D eigenvalue weighted by atomic mass is 35.5. The number of nitrogens with one attached hydrogen (secondary N) is 1. The lowest BCUT2D eigenvalue weighted by Gasteiger charge is -2.37. The van der Waals surface area contributed by atoms with E-state index in [1.807, 2.05) is 0 Å². The van der Waals surface area contributed by atoms with E-state index in [4.69, 9.17) is 37.4 Å². The number of benzene rings is 1. The third-order valence-corrected chi connectivity index (χ3v) is 6.42. The summed E-state index contributed by atoms with van der Waals surface area (Å²) in [6.45, 7) is 5.07. The van der Waals surface area contributed by atoms with Crippen molar-refractivity contribution in [3.8, 4) is 5.75 Å². The summed E-state index contributed by atoms with van der Waals surface area (Å²) in [5.74, 6) is -2.50. The standard InChI is InChI=1S/C22H25Cl2F3N2O5/c1-2-7-33-18-9-17(24)16(23)8-15(18)20(28-21(31)22(25,26)27)13-3-5-29(6-4-13)19(30)12-34-14-10-32-11-14/h2,8-9,13-14,20H,1,3-7,10-12H2,(H,28,31). The van der Waals surface area contributed by atoms with E-state index in [2.05, 4.69) is 11.9 Å². The Morgan fingerprint density at radius 1 is 1.24 bits per heavy atom. The quantitative estimate of drug-likeness (QED) is 0.495. The minimum Gasteiger partial charge on any atom is -0.489 e. The molecule has 0 aromatic heterocycles. The van der Waals surface area contributed by atoms with Crippen LogP contribution in [0.1, 0.15) is 24.4 Å². The number of likely N-dealkylation sites (tertiary alicyclic amines) is 1. The van der Waals surface area contributed by atoms with Crippen LogP contribution < -0.4 is 10.1 Å². The lowest BCUT2D eigenvalue weighted by Crippen LogP contribution is -2.47. The molecule has 2 saturated heterocycles.